The molecule has 0 bridgehead atoms. The maximum atomic E-state index is 12.8. The second-order valence-corrected chi connectivity index (χ2v) is 4.55. The summed E-state index contributed by atoms with van der Waals surface area (Å²) in [5.74, 6) is -0.354. The second-order valence-electron chi connectivity index (χ2n) is 4.55. The van der Waals surface area contributed by atoms with Crippen LogP contribution in [0.25, 0.3) is 0 Å². The Morgan fingerprint density at radius 1 is 1.05 bits per heavy atom. The summed E-state index contributed by atoms with van der Waals surface area (Å²) in [6.45, 7) is 0.811. The lowest BCUT2D eigenvalue weighted by Crippen LogP contribution is -2.25. The van der Waals surface area contributed by atoms with Crippen LogP contribution in [-0.4, -0.2) is 5.91 Å². The van der Waals surface area contributed by atoms with Crippen molar-refractivity contribution in [1.82, 2.24) is 5.32 Å². The minimum atomic E-state index is -0.281. The molecule has 0 heterocycles. The van der Waals surface area contributed by atoms with Gasteiger partial charge in [-0.3, -0.25) is 4.79 Å². The fourth-order valence-electron chi connectivity index (χ4n) is 1.97. The van der Waals surface area contributed by atoms with Gasteiger partial charge < -0.3 is 11.1 Å². The summed E-state index contributed by atoms with van der Waals surface area (Å²) in [7, 11) is 0. The second kappa shape index (κ2) is 6.82. The quantitative estimate of drug-likeness (QED) is 0.876. The van der Waals surface area contributed by atoms with Crippen LogP contribution in [0, 0.1) is 5.82 Å². The van der Waals surface area contributed by atoms with E-state index in [-0.39, 0.29) is 11.7 Å². The van der Waals surface area contributed by atoms with E-state index in [0.29, 0.717) is 19.5 Å². The number of rotatable bonds is 5. The summed E-state index contributed by atoms with van der Waals surface area (Å²) < 4.78 is 12.8. The lowest BCUT2D eigenvalue weighted by Gasteiger charge is -2.08. The van der Waals surface area contributed by atoms with Crippen molar-refractivity contribution in [3.8, 4) is 0 Å². The van der Waals surface area contributed by atoms with Crippen molar-refractivity contribution in [2.24, 2.45) is 5.73 Å². The maximum absolute atomic E-state index is 12.8. The van der Waals surface area contributed by atoms with Crippen molar-refractivity contribution in [3.05, 3.63) is 71.0 Å². The first-order chi connectivity index (χ1) is 9.69. The van der Waals surface area contributed by atoms with Crippen LogP contribution in [0.5, 0.6) is 0 Å². The van der Waals surface area contributed by atoms with Crippen molar-refractivity contribution in [1.29, 1.82) is 0 Å². The third-order valence-corrected chi connectivity index (χ3v) is 3.09. The summed E-state index contributed by atoms with van der Waals surface area (Å²) in [6.07, 6.45) is 0.300. The largest absolute Gasteiger partial charge is 0.352 e. The average Bonchev–Trinajstić information content (AvgIpc) is 2.47. The molecule has 0 saturated heterocycles. The number of nitrogens with one attached hydrogen (secondary N) is 1. The molecule has 2 aromatic rings. The summed E-state index contributed by atoms with van der Waals surface area (Å²) in [5, 5.41) is 2.82. The molecule has 2 rings (SSSR count). The number of hydrogen-bond acceptors (Lipinski definition) is 2. The molecule has 104 valence electrons. The summed E-state index contributed by atoms with van der Waals surface area (Å²) >= 11 is 0. The zero-order valence-corrected chi connectivity index (χ0v) is 11.1. The molecule has 0 unspecified atom stereocenters. The van der Waals surface area contributed by atoms with Gasteiger partial charge in [-0.1, -0.05) is 36.4 Å². The van der Waals surface area contributed by atoms with Crippen molar-refractivity contribution >= 4 is 5.91 Å². The van der Waals surface area contributed by atoms with Gasteiger partial charge in [0.1, 0.15) is 5.82 Å². The maximum Gasteiger partial charge on any atom is 0.224 e. The van der Waals surface area contributed by atoms with Gasteiger partial charge in [-0.05, 0) is 28.8 Å². The Morgan fingerprint density at radius 2 is 1.70 bits per heavy atom. The highest BCUT2D eigenvalue weighted by Crippen LogP contribution is 2.09. The molecule has 0 fully saturated rings. The van der Waals surface area contributed by atoms with E-state index in [1.165, 1.54) is 12.1 Å². The molecule has 3 nitrogen and oxygen atoms in total. The number of hydrogen-bond donors (Lipinski definition) is 2. The first-order valence-corrected chi connectivity index (χ1v) is 6.47. The molecule has 0 saturated carbocycles. The van der Waals surface area contributed by atoms with Crippen molar-refractivity contribution in [2.45, 2.75) is 19.5 Å². The Hall–Kier alpha value is -2.20. The van der Waals surface area contributed by atoms with E-state index in [1.54, 1.807) is 12.1 Å². The standard InChI is InChI=1S/C16H17FN2O/c17-15-7-5-12(6-8-15)11-19-16(20)9-13-3-1-2-4-14(13)10-18/h1-8H,9-11,18H2,(H,19,20). The molecule has 4 heteroatoms. The van der Waals surface area contributed by atoms with Gasteiger partial charge in [-0.2, -0.15) is 0 Å². The molecule has 1 amide bonds. The molecular weight excluding hydrogens is 255 g/mol. The first-order valence-electron chi connectivity index (χ1n) is 6.47. The van der Waals surface area contributed by atoms with Gasteiger partial charge in [-0.15, -0.1) is 0 Å². The van der Waals surface area contributed by atoms with Gasteiger partial charge in [0.15, 0.2) is 0 Å². The number of halogens is 1. The first kappa shape index (κ1) is 14.2. The zero-order chi connectivity index (χ0) is 14.4. The van der Waals surface area contributed by atoms with E-state index in [1.807, 2.05) is 24.3 Å². The Balaban J connectivity index is 1.91. The smallest absolute Gasteiger partial charge is 0.224 e. The van der Waals surface area contributed by atoms with Crippen LogP contribution in [0.3, 0.4) is 0 Å². The Labute approximate surface area is 117 Å². The van der Waals surface area contributed by atoms with Crippen LogP contribution in [0.15, 0.2) is 48.5 Å². The molecule has 0 aliphatic rings. The number of carbonyl (C=O) groups excluding carboxylic acids is 1. The lowest BCUT2D eigenvalue weighted by atomic mass is 10.0. The summed E-state index contributed by atoms with van der Waals surface area (Å²) in [4.78, 5) is 11.9. The van der Waals surface area contributed by atoms with E-state index in [0.717, 1.165) is 16.7 Å². The van der Waals surface area contributed by atoms with Gasteiger partial charge in [0, 0.05) is 13.1 Å². The number of amides is 1. The highest BCUT2D eigenvalue weighted by Gasteiger charge is 2.06. The molecular formula is C16H17FN2O. The molecule has 20 heavy (non-hydrogen) atoms. The molecule has 0 radical (unpaired) electrons. The van der Waals surface area contributed by atoms with E-state index in [2.05, 4.69) is 5.32 Å². The number of benzene rings is 2. The molecule has 0 aliphatic carbocycles. The molecule has 3 N–H and O–H groups in total. The van der Waals surface area contributed by atoms with Gasteiger partial charge >= 0.3 is 0 Å². The Morgan fingerprint density at radius 3 is 2.35 bits per heavy atom. The minimum Gasteiger partial charge on any atom is -0.352 e. The van der Waals surface area contributed by atoms with E-state index in [9.17, 15) is 9.18 Å². The van der Waals surface area contributed by atoms with Gasteiger partial charge in [-0.25, -0.2) is 4.39 Å². The van der Waals surface area contributed by atoms with Crippen molar-refractivity contribution < 1.29 is 9.18 Å². The molecule has 0 aromatic heterocycles. The Kier molecular flexibility index (Phi) is 4.85. The van der Waals surface area contributed by atoms with Crippen LogP contribution >= 0.6 is 0 Å². The normalized spacial score (nSPS) is 10.3. The van der Waals surface area contributed by atoms with E-state index >= 15 is 0 Å². The van der Waals surface area contributed by atoms with Crippen LogP contribution in [0.2, 0.25) is 0 Å². The van der Waals surface area contributed by atoms with Crippen LogP contribution in [0.1, 0.15) is 16.7 Å². The fourth-order valence-corrected chi connectivity index (χ4v) is 1.97. The van der Waals surface area contributed by atoms with E-state index < -0.39 is 0 Å². The van der Waals surface area contributed by atoms with Crippen LogP contribution in [0.4, 0.5) is 4.39 Å². The number of carbonyl (C=O) groups is 1. The average molecular weight is 272 g/mol. The van der Waals surface area contributed by atoms with Gasteiger partial charge in [0.05, 0.1) is 6.42 Å². The highest BCUT2D eigenvalue weighted by atomic mass is 19.1. The monoisotopic (exact) mass is 272 g/mol. The third kappa shape index (κ3) is 3.90. The number of nitrogens with two attached hydrogens (primary N) is 1. The van der Waals surface area contributed by atoms with Crippen LogP contribution in [-0.2, 0) is 24.3 Å². The molecule has 0 aliphatic heterocycles. The highest BCUT2D eigenvalue weighted by molar-refractivity contribution is 5.78. The van der Waals surface area contributed by atoms with E-state index in [4.69, 9.17) is 5.73 Å². The van der Waals surface area contributed by atoms with Crippen LogP contribution < -0.4 is 11.1 Å². The topological polar surface area (TPSA) is 55.1 Å². The van der Waals surface area contributed by atoms with Crippen molar-refractivity contribution in [3.63, 3.8) is 0 Å². The predicted molar refractivity (Wildman–Crippen MR) is 76.3 cm³/mol. The SMILES string of the molecule is NCc1ccccc1CC(=O)NCc1ccc(F)cc1. The zero-order valence-electron chi connectivity index (χ0n) is 11.1. The molecule has 0 atom stereocenters. The lowest BCUT2D eigenvalue weighted by molar-refractivity contribution is -0.120. The summed E-state index contributed by atoms with van der Waals surface area (Å²) in [5.41, 5.74) is 8.42. The van der Waals surface area contributed by atoms with Crippen molar-refractivity contribution in [2.75, 3.05) is 0 Å². The summed E-state index contributed by atoms with van der Waals surface area (Å²) in [6, 6.07) is 13.7. The Bertz CT molecular complexity index is 581. The molecule has 2 aromatic carbocycles. The minimum absolute atomic E-state index is 0.0739. The molecule has 0 spiro atoms. The van der Waals surface area contributed by atoms with Gasteiger partial charge in [0.25, 0.3) is 0 Å². The van der Waals surface area contributed by atoms with Gasteiger partial charge in [0.2, 0.25) is 5.91 Å². The fraction of sp³-hybridized carbons (Fsp3) is 0.188. The third-order valence-electron chi connectivity index (χ3n) is 3.09. The predicted octanol–water partition coefficient (Wildman–Crippen LogP) is 2.14.